The standard InChI is InChI=1S/C19H21Cl2NO3S/c1-24-17-6-3-13(9-18(17)25-2)10-19(23)22-7-8-26-12-14-4-5-15(20)11-16(14)21/h3-6,9,11H,7-8,10,12H2,1-2H3,(H,22,23). The first-order valence-corrected chi connectivity index (χ1v) is 9.94. The van der Waals surface area contributed by atoms with Crippen LogP contribution in [0, 0.1) is 0 Å². The first kappa shape index (κ1) is 20.7. The molecule has 2 aromatic rings. The van der Waals surface area contributed by atoms with Gasteiger partial charge in [0.05, 0.1) is 20.6 Å². The predicted octanol–water partition coefficient (Wildman–Crippen LogP) is 4.60. The zero-order valence-electron chi connectivity index (χ0n) is 14.7. The van der Waals surface area contributed by atoms with Crippen LogP contribution in [0.1, 0.15) is 11.1 Å². The summed E-state index contributed by atoms with van der Waals surface area (Å²) in [5.41, 5.74) is 1.92. The van der Waals surface area contributed by atoms with E-state index in [0.717, 1.165) is 22.6 Å². The number of hydrogen-bond acceptors (Lipinski definition) is 4. The molecule has 0 saturated heterocycles. The molecule has 140 valence electrons. The van der Waals surface area contributed by atoms with Crippen LogP contribution in [0.15, 0.2) is 36.4 Å². The normalized spacial score (nSPS) is 10.5. The number of thioether (sulfide) groups is 1. The minimum atomic E-state index is -0.0256. The highest BCUT2D eigenvalue weighted by atomic mass is 35.5. The van der Waals surface area contributed by atoms with E-state index in [-0.39, 0.29) is 5.91 Å². The smallest absolute Gasteiger partial charge is 0.224 e. The molecule has 0 spiro atoms. The minimum Gasteiger partial charge on any atom is -0.493 e. The number of amides is 1. The first-order chi connectivity index (χ1) is 12.5. The molecule has 4 nitrogen and oxygen atoms in total. The third-order valence-corrected chi connectivity index (χ3v) is 5.25. The van der Waals surface area contributed by atoms with Gasteiger partial charge in [-0.05, 0) is 35.4 Å². The van der Waals surface area contributed by atoms with Gasteiger partial charge in [0.2, 0.25) is 5.91 Å². The van der Waals surface area contributed by atoms with Crippen LogP contribution in [-0.4, -0.2) is 32.4 Å². The van der Waals surface area contributed by atoms with Crippen LogP contribution < -0.4 is 14.8 Å². The van der Waals surface area contributed by atoms with Crippen LogP contribution in [0.5, 0.6) is 11.5 Å². The molecule has 0 aliphatic rings. The average Bonchev–Trinajstić information content (AvgIpc) is 2.62. The van der Waals surface area contributed by atoms with E-state index in [0.29, 0.717) is 34.5 Å². The van der Waals surface area contributed by atoms with Gasteiger partial charge in [0.25, 0.3) is 0 Å². The fraction of sp³-hybridized carbons (Fsp3) is 0.316. The van der Waals surface area contributed by atoms with Crippen molar-refractivity contribution in [1.29, 1.82) is 0 Å². The zero-order valence-corrected chi connectivity index (χ0v) is 17.0. The molecule has 26 heavy (non-hydrogen) atoms. The number of nitrogens with one attached hydrogen (secondary N) is 1. The molecular weight excluding hydrogens is 393 g/mol. The lowest BCUT2D eigenvalue weighted by molar-refractivity contribution is -0.120. The van der Waals surface area contributed by atoms with Gasteiger partial charge in [-0.25, -0.2) is 0 Å². The van der Waals surface area contributed by atoms with E-state index in [1.165, 1.54) is 0 Å². The summed E-state index contributed by atoms with van der Waals surface area (Å²) >= 11 is 13.7. The molecule has 0 bridgehead atoms. The van der Waals surface area contributed by atoms with Gasteiger partial charge in [-0.3, -0.25) is 4.79 Å². The predicted molar refractivity (Wildman–Crippen MR) is 109 cm³/mol. The first-order valence-electron chi connectivity index (χ1n) is 8.02. The highest BCUT2D eigenvalue weighted by molar-refractivity contribution is 7.98. The molecule has 0 aromatic heterocycles. The number of ether oxygens (including phenoxy) is 2. The van der Waals surface area contributed by atoms with Gasteiger partial charge < -0.3 is 14.8 Å². The van der Waals surface area contributed by atoms with Gasteiger partial charge in [0.1, 0.15) is 0 Å². The lowest BCUT2D eigenvalue weighted by Crippen LogP contribution is -2.27. The lowest BCUT2D eigenvalue weighted by atomic mass is 10.1. The molecule has 1 N–H and O–H groups in total. The van der Waals surface area contributed by atoms with E-state index < -0.39 is 0 Å². The Morgan fingerprint density at radius 3 is 2.54 bits per heavy atom. The third kappa shape index (κ3) is 6.31. The topological polar surface area (TPSA) is 47.6 Å². The summed E-state index contributed by atoms with van der Waals surface area (Å²) in [6, 6.07) is 11.0. The minimum absolute atomic E-state index is 0.0256. The largest absolute Gasteiger partial charge is 0.493 e. The van der Waals surface area contributed by atoms with Crippen molar-refractivity contribution in [2.24, 2.45) is 0 Å². The number of methoxy groups -OCH3 is 2. The van der Waals surface area contributed by atoms with Crippen LogP contribution in [0.3, 0.4) is 0 Å². The molecule has 2 aromatic carbocycles. The molecule has 0 radical (unpaired) electrons. The number of carbonyl (C=O) groups is 1. The Morgan fingerprint density at radius 2 is 1.85 bits per heavy atom. The Balaban J connectivity index is 1.72. The molecule has 0 saturated carbocycles. The van der Waals surface area contributed by atoms with Crippen LogP contribution in [0.4, 0.5) is 0 Å². The molecule has 0 fully saturated rings. The number of rotatable bonds is 9. The Kier molecular flexibility index (Phi) is 8.42. The van der Waals surface area contributed by atoms with E-state index in [4.69, 9.17) is 32.7 Å². The Bertz CT molecular complexity index is 756. The van der Waals surface area contributed by atoms with Crippen molar-refractivity contribution in [3.05, 3.63) is 57.6 Å². The summed E-state index contributed by atoms with van der Waals surface area (Å²) < 4.78 is 10.4. The maximum absolute atomic E-state index is 12.1. The highest BCUT2D eigenvalue weighted by Gasteiger charge is 2.08. The summed E-state index contributed by atoms with van der Waals surface area (Å²) in [6.45, 7) is 0.599. The second kappa shape index (κ2) is 10.6. The van der Waals surface area contributed by atoms with Crippen LogP contribution >= 0.6 is 35.0 Å². The average molecular weight is 414 g/mol. The second-order valence-electron chi connectivity index (χ2n) is 5.50. The molecule has 0 heterocycles. The highest BCUT2D eigenvalue weighted by Crippen LogP contribution is 2.27. The number of hydrogen-bond donors (Lipinski definition) is 1. The van der Waals surface area contributed by atoms with Crippen molar-refractivity contribution in [1.82, 2.24) is 5.32 Å². The molecule has 0 aliphatic carbocycles. The Labute approximate surface area is 168 Å². The number of benzene rings is 2. The fourth-order valence-corrected chi connectivity index (χ4v) is 3.74. The number of halogens is 2. The maximum Gasteiger partial charge on any atom is 0.224 e. The van der Waals surface area contributed by atoms with Crippen molar-refractivity contribution in [2.75, 3.05) is 26.5 Å². The van der Waals surface area contributed by atoms with Crippen molar-refractivity contribution >= 4 is 40.9 Å². The van der Waals surface area contributed by atoms with E-state index in [9.17, 15) is 4.79 Å². The molecule has 0 atom stereocenters. The Morgan fingerprint density at radius 1 is 1.08 bits per heavy atom. The fourth-order valence-electron chi connectivity index (χ4n) is 2.32. The summed E-state index contributed by atoms with van der Waals surface area (Å²) in [4.78, 5) is 12.1. The van der Waals surface area contributed by atoms with Gasteiger partial charge >= 0.3 is 0 Å². The Hall–Kier alpha value is -1.56. The van der Waals surface area contributed by atoms with Crippen molar-refractivity contribution in [2.45, 2.75) is 12.2 Å². The summed E-state index contributed by atoms with van der Waals surface area (Å²) in [6.07, 6.45) is 0.300. The SMILES string of the molecule is COc1ccc(CC(=O)NCCSCc2ccc(Cl)cc2Cl)cc1OC. The third-order valence-electron chi connectivity index (χ3n) is 3.65. The second-order valence-corrected chi connectivity index (χ2v) is 7.45. The number of carbonyl (C=O) groups excluding carboxylic acids is 1. The van der Waals surface area contributed by atoms with Crippen molar-refractivity contribution in [3.63, 3.8) is 0 Å². The van der Waals surface area contributed by atoms with E-state index in [1.807, 2.05) is 24.3 Å². The van der Waals surface area contributed by atoms with Gasteiger partial charge in [0.15, 0.2) is 11.5 Å². The summed E-state index contributed by atoms with van der Waals surface area (Å²) in [7, 11) is 3.16. The lowest BCUT2D eigenvalue weighted by Gasteiger charge is -2.10. The van der Waals surface area contributed by atoms with E-state index >= 15 is 0 Å². The summed E-state index contributed by atoms with van der Waals surface area (Å²) in [5.74, 6) is 2.82. The molecule has 7 heteroatoms. The van der Waals surface area contributed by atoms with Crippen LogP contribution in [-0.2, 0) is 17.0 Å². The molecular formula is C19H21Cl2NO3S. The van der Waals surface area contributed by atoms with E-state index in [2.05, 4.69) is 5.32 Å². The quantitative estimate of drug-likeness (QED) is 0.610. The zero-order chi connectivity index (χ0) is 18.9. The molecule has 1 amide bonds. The van der Waals surface area contributed by atoms with Crippen molar-refractivity contribution in [3.8, 4) is 11.5 Å². The van der Waals surface area contributed by atoms with E-state index in [1.54, 1.807) is 38.1 Å². The molecule has 2 rings (SSSR count). The van der Waals surface area contributed by atoms with Gasteiger partial charge in [-0.1, -0.05) is 35.3 Å². The molecule has 0 aliphatic heterocycles. The maximum atomic E-state index is 12.1. The molecule has 0 unspecified atom stereocenters. The summed E-state index contributed by atoms with van der Waals surface area (Å²) in [5, 5.41) is 4.22. The van der Waals surface area contributed by atoms with Crippen molar-refractivity contribution < 1.29 is 14.3 Å². The van der Waals surface area contributed by atoms with Gasteiger partial charge in [-0.15, -0.1) is 0 Å². The van der Waals surface area contributed by atoms with Crippen LogP contribution in [0.2, 0.25) is 10.0 Å². The van der Waals surface area contributed by atoms with Gasteiger partial charge in [0, 0.05) is 28.1 Å². The van der Waals surface area contributed by atoms with Gasteiger partial charge in [-0.2, -0.15) is 11.8 Å². The van der Waals surface area contributed by atoms with Crippen LogP contribution in [0.25, 0.3) is 0 Å². The monoisotopic (exact) mass is 413 g/mol.